The first kappa shape index (κ1) is 15.9. The van der Waals surface area contributed by atoms with Gasteiger partial charge in [0, 0.05) is 25.2 Å². The summed E-state index contributed by atoms with van der Waals surface area (Å²) in [4.78, 5) is 15.9. The summed E-state index contributed by atoms with van der Waals surface area (Å²) < 4.78 is 15.3. The lowest BCUT2D eigenvalue weighted by atomic mass is 10.2. The highest BCUT2D eigenvalue weighted by molar-refractivity contribution is 5.79. The van der Waals surface area contributed by atoms with E-state index in [-0.39, 0.29) is 5.82 Å². The number of nitrogen functional groups attached to an aromatic ring is 1. The number of fused-ring (bicyclic) bond motifs is 2. The highest BCUT2D eigenvalue weighted by Gasteiger charge is 2.18. The van der Waals surface area contributed by atoms with E-state index >= 15 is 0 Å². The summed E-state index contributed by atoms with van der Waals surface area (Å²) in [6, 6.07) is 6.25. The highest BCUT2D eigenvalue weighted by Crippen LogP contribution is 2.27. The Morgan fingerprint density at radius 1 is 1.04 bits per heavy atom. The van der Waals surface area contributed by atoms with E-state index in [1.807, 2.05) is 13.0 Å². The van der Waals surface area contributed by atoms with Gasteiger partial charge in [0.1, 0.15) is 17.2 Å². The first-order chi connectivity index (χ1) is 13.1. The first-order valence-corrected chi connectivity index (χ1v) is 8.93. The van der Waals surface area contributed by atoms with E-state index in [0.717, 1.165) is 37.4 Å². The normalized spacial score (nSPS) is 14.5. The molecular weight excluding hydrogens is 345 g/mol. The summed E-state index contributed by atoms with van der Waals surface area (Å²) in [5.41, 5.74) is 10.4. The van der Waals surface area contributed by atoms with E-state index in [1.165, 1.54) is 12.1 Å². The Labute approximate surface area is 154 Å². The van der Waals surface area contributed by atoms with Gasteiger partial charge in [-0.15, -0.1) is 5.10 Å². The predicted molar refractivity (Wildman–Crippen MR) is 102 cm³/mol. The Kier molecular flexibility index (Phi) is 3.46. The molecule has 1 aromatic carbocycles. The zero-order valence-corrected chi connectivity index (χ0v) is 14.9. The molecule has 1 aliphatic rings. The number of hydrogen-bond donors (Lipinski definition) is 1. The third-order valence-electron chi connectivity index (χ3n) is 4.91. The van der Waals surface area contributed by atoms with Crippen LogP contribution in [-0.4, -0.2) is 37.7 Å². The summed E-state index contributed by atoms with van der Waals surface area (Å²) in [5.74, 6) is 0.507. The van der Waals surface area contributed by atoms with Crippen LogP contribution in [0.3, 0.4) is 0 Å². The van der Waals surface area contributed by atoms with Gasteiger partial charge in [-0.2, -0.15) is 0 Å². The van der Waals surface area contributed by atoms with Crippen LogP contribution in [0.25, 0.3) is 28.1 Å². The Bertz CT molecular complexity index is 1180. The fourth-order valence-electron chi connectivity index (χ4n) is 3.56. The van der Waals surface area contributed by atoms with Crippen molar-refractivity contribution in [2.75, 3.05) is 23.7 Å². The molecule has 5 rings (SSSR count). The maximum Gasteiger partial charge on any atom is 0.177 e. The second kappa shape index (κ2) is 5.87. The predicted octanol–water partition coefficient (Wildman–Crippen LogP) is 2.97. The molecule has 0 unspecified atom stereocenters. The molecule has 3 aromatic heterocycles. The molecular formula is C19H18FN7. The van der Waals surface area contributed by atoms with Crippen molar-refractivity contribution in [3.8, 4) is 11.4 Å². The molecule has 0 amide bonds. The van der Waals surface area contributed by atoms with Crippen molar-refractivity contribution in [1.82, 2.24) is 24.6 Å². The third kappa shape index (κ3) is 2.64. The molecule has 8 heteroatoms. The lowest BCUT2D eigenvalue weighted by molar-refractivity contribution is 0.629. The molecule has 0 radical (unpaired) electrons. The average Bonchev–Trinajstić information content (AvgIpc) is 3.31. The second-order valence-electron chi connectivity index (χ2n) is 6.84. The highest BCUT2D eigenvalue weighted by atomic mass is 19.1. The van der Waals surface area contributed by atoms with Gasteiger partial charge in [0.05, 0.1) is 28.6 Å². The van der Waals surface area contributed by atoms with Crippen LogP contribution in [0.1, 0.15) is 18.5 Å². The van der Waals surface area contributed by atoms with Gasteiger partial charge in [0.25, 0.3) is 0 Å². The number of aryl methyl sites for hydroxylation is 1. The lowest BCUT2D eigenvalue weighted by Gasteiger charge is -2.16. The van der Waals surface area contributed by atoms with Gasteiger partial charge >= 0.3 is 0 Å². The number of halogens is 1. The summed E-state index contributed by atoms with van der Waals surface area (Å²) in [5, 5.41) is 4.66. The lowest BCUT2D eigenvalue weighted by Crippen LogP contribution is -2.20. The van der Waals surface area contributed by atoms with Crippen molar-refractivity contribution in [2.45, 2.75) is 19.8 Å². The van der Waals surface area contributed by atoms with Crippen molar-refractivity contribution in [3.63, 3.8) is 0 Å². The van der Waals surface area contributed by atoms with Crippen molar-refractivity contribution in [3.05, 3.63) is 42.0 Å². The summed E-state index contributed by atoms with van der Waals surface area (Å²) in [6.45, 7) is 3.84. The van der Waals surface area contributed by atoms with Crippen molar-refractivity contribution < 1.29 is 4.39 Å². The van der Waals surface area contributed by atoms with E-state index in [4.69, 9.17) is 5.73 Å². The Morgan fingerprint density at radius 3 is 2.67 bits per heavy atom. The van der Waals surface area contributed by atoms with Gasteiger partial charge < -0.3 is 10.6 Å². The summed E-state index contributed by atoms with van der Waals surface area (Å²) >= 11 is 0. The summed E-state index contributed by atoms with van der Waals surface area (Å²) in [6.07, 6.45) is 4.13. The van der Waals surface area contributed by atoms with E-state index in [9.17, 15) is 4.39 Å². The van der Waals surface area contributed by atoms with Crippen LogP contribution in [-0.2, 0) is 0 Å². The number of benzene rings is 1. The quantitative estimate of drug-likeness (QED) is 0.589. The summed E-state index contributed by atoms with van der Waals surface area (Å²) in [7, 11) is 0. The molecule has 0 saturated carbocycles. The van der Waals surface area contributed by atoms with Gasteiger partial charge in [-0.3, -0.25) is 0 Å². The molecule has 4 heterocycles. The van der Waals surface area contributed by atoms with E-state index in [1.54, 1.807) is 16.8 Å². The monoisotopic (exact) mass is 363 g/mol. The molecule has 0 spiro atoms. The molecule has 1 aliphatic heterocycles. The molecule has 1 saturated heterocycles. The molecule has 136 valence electrons. The van der Waals surface area contributed by atoms with Crippen molar-refractivity contribution in [2.24, 2.45) is 0 Å². The molecule has 1 fully saturated rings. The van der Waals surface area contributed by atoms with Crippen LogP contribution in [0, 0.1) is 12.7 Å². The Balaban J connectivity index is 1.65. The van der Waals surface area contributed by atoms with Crippen LogP contribution in [0.5, 0.6) is 0 Å². The van der Waals surface area contributed by atoms with E-state index < -0.39 is 0 Å². The largest absolute Gasteiger partial charge is 0.396 e. The second-order valence-corrected chi connectivity index (χ2v) is 6.84. The van der Waals surface area contributed by atoms with Gasteiger partial charge in [-0.25, -0.2) is 23.9 Å². The van der Waals surface area contributed by atoms with E-state index in [0.29, 0.717) is 33.8 Å². The molecule has 0 atom stereocenters. The number of rotatable bonds is 2. The number of aromatic nitrogens is 5. The zero-order valence-electron chi connectivity index (χ0n) is 14.9. The minimum absolute atomic E-state index is 0.345. The number of hydrogen-bond acceptors (Lipinski definition) is 6. The molecule has 4 aromatic rings. The topological polar surface area (TPSA) is 85.2 Å². The Morgan fingerprint density at radius 2 is 1.85 bits per heavy atom. The first-order valence-electron chi connectivity index (χ1n) is 8.93. The minimum Gasteiger partial charge on any atom is -0.396 e. The smallest absolute Gasteiger partial charge is 0.177 e. The van der Waals surface area contributed by atoms with Crippen LogP contribution in [0.2, 0.25) is 0 Å². The fourth-order valence-corrected chi connectivity index (χ4v) is 3.56. The molecule has 0 bridgehead atoms. The Hall–Kier alpha value is -3.29. The zero-order chi connectivity index (χ0) is 18.5. The third-order valence-corrected chi connectivity index (χ3v) is 4.91. The van der Waals surface area contributed by atoms with Gasteiger partial charge in [0.15, 0.2) is 11.5 Å². The molecule has 2 N–H and O–H groups in total. The fraction of sp³-hybridized carbons (Fsp3) is 0.263. The molecule has 27 heavy (non-hydrogen) atoms. The molecule has 0 aliphatic carbocycles. The van der Waals surface area contributed by atoms with Crippen molar-refractivity contribution >= 4 is 28.2 Å². The SMILES string of the molecule is Cc1nc2ccc(F)cc2nc1-c1cn2nc(N3CCCC3)cc(N)c2n1. The van der Waals surface area contributed by atoms with Gasteiger partial charge in [0.2, 0.25) is 0 Å². The average molecular weight is 363 g/mol. The molecule has 7 nitrogen and oxygen atoms in total. The maximum atomic E-state index is 13.6. The van der Waals surface area contributed by atoms with Crippen LogP contribution in [0.4, 0.5) is 15.9 Å². The standard InChI is InChI=1S/C19H18FN7/c1-11-18(23-15-8-12(20)4-5-14(15)22-11)16-10-27-19(24-16)13(21)9-17(25-27)26-6-2-3-7-26/h4-5,8-10H,2-3,6-7,21H2,1H3. The van der Waals surface area contributed by atoms with Crippen LogP contribution in [0.15, 0.2) is 30.5 Å². The maximum absolute atomic E-state index is 13.6. The van der Waals surface area contributed by atoms with Crippen molar-refractivity contribution in [1.29, 1.82) is 0 Å². The van der Waals surface area contributed by atoms with Crippen LogP contribution >= 0.6 is 0 Å². The van der Waals surface area contributed by atoms with Gasteiger partial charge in [-0.1, -0.05) is 0 Å². The van der Waals surface area contributed by atoms with E-state index in [2.05, 4.69) is 25.0 Å². The van der Waals surface area contributed by atoms with Gasteiger partial charge in [-0.05, 0) is 31.9 Å². The number of imidazole rings is 1. The number of anilines is 2. The number of nitrogens with zero attached hydrogens (tertiary/aromatic N) is 6. The minimum atomic E-state index is -0.345. The van der Waals surface area contributed by atoms with Crippen LogP contribution < -0.4 is 10.6 Å². The number of nitrogens with two attached hydrogens (primary N) is 1.